The lowest BCUT2D eigenvalue weighted by atomic mass is 9.82. The molecule has 30 heavy (non-hydrogen) atoms. The molecule has 0 bridgehead atoms. The molecule has 0 amide bonds. The van der Waals surface area contributed by atoms with E-state index in [9.17, 15) is 5.11 Å². The molecule has 1 N–H and O–H groups in total. The van der Waals surface area contributed by atoms with E-state index in [1.165, 1.54) is 0 Å². The van der Waals surface area contributed by atoms with Crippen LogP contribution >= 0.6 is 0 Å². The minimum Gasteiger partial charge on any atom is -0.453 e. The van der Waals surface area contributed by atoms with Crippen molar-refractivity contribution in [2.75, 3.05) is 4.90 Å². The highest BCUT2D eigenvalue weighted by Crippen LogP contribution is 2.58. The van der Waals surface area contributed by atoms with Gasteiger partial charge in [0.15, 0.2) is 23.0 Å². The predicted octanol–water partition coefficient (Wildman–Crippen LogP) is 4.91. The van der Waals surface area contributed by atoms with E-state index in [1.54, 1.807) is 13.8 Å². The lowest BCUT2D eigenvalue weighted by Crippen LogP contribution is -2.49. The third kappa shape index (κ3) is 2.95. The van der Waals surface area contributed by atoms with Crippen LogP contribution in [0.1, 0.15) is 27.7 Å². The van der Waals surface area contributed by atoms with E-state index in [0.29, 0.717) is 7.48 Å². The van der Waals surface area contributed by atoms with Crippen molar-refractivity contribution in [2.45, 2.75) is 38.9 Å². The molecular formula is C24H24BNO4. The average molecular weight is 401 g/mol. The molecule has 0 unspecified atom stereocenters. The van der Waals surface area contributed by atoms with Gasteiger partial charge in [-0.3, -0.25) is 4.90 Å². The van der Waals surface area contributed by atoms with E-state index in [-0.39, 0.29) is 0 Å². The minimum absolute atomic E-state index is 0.327. The molecule has 2 heterocycles. The molecule has 2 aliphatic heterocycles. The normalized spacial score (nSPS) is 14.1. The molecule has 0 fully saturated rings. The van der Waals surface area contributed by atoms with Gasteiger partial charge < -0.3 is 19.2 Å². The summed E-state index contributed by atoms with van der Waals surface area (Å²) >= 11 is 0. The molecule has 2 aliphatic rings. The summed E-state index contributed by atoms with van der Waals surface area (Å²) in [7, 11) is 0.327. The van der Waals surface area contributed by atoms with Crippen molar-refractivity contribution >= 4 is 30.0 Å². The number of para-hydroxylation sites is 4. The maximum atomic E-state index is 10.4. The Morgan fingerprint density at radius 1 is 0.800 bits per heavy atom. The van der Waals surface area contributed by atoms with Crippen LogP contribution in [0.25, 0.3) is 0 Å². The van der Waals surface area contributed by atoms with Crippen LogP contribution in [0.4, 0.5) is 17.1 Å². The molecule has 3 aromatic rings. The van der Waals surface area contributed by atoms with Gasteiger partial charge in [-0.2, -0.15) is 0 Å². The Hall–Kier alpha value is -2.96. The summed E-state index contributed by atoms with van der Waals surface area (Å²) in [5, 5.41) is 10.4. The van der Waals surface area contributed by atoms with Gasteiger partial charge >= 0.3 is 7.48 Å². The monoisotopic (exact) mass is 401 g/mol. The smallest absolute Gasteiger partial charge is 0.309 e. The highest BCUT2D eigenvalue weighted by molar-refractivity contribution is 6.47. The first-order chi connectivity index (χ1) is 14.2. The topological polar surface area (TPSA) is 51.2 Å². The van der Waals surface area contributed by atoms with Crippen molar-refractivity contribution in [1.82, 2.24) is 0 Å². The summed E-state index contributed by atoms with van der Waals surface area (Å²) in [6.07, 6.45) is 0. The molecule has 0 radical (unpaired) electrons. The summed E-state index contributed by atoms with van der Waals surface area (Å²) in [6.45, 7) is 7.27. The number of ether oxygens (including phenoxy) is 2. The van der Waals surface area contributed by atoms with Crippen LogP contribution in [-0.2, 0) is 4.65 Å². The Balaban J connectivity index is 1.59. The molecule has 3 aromatic carbocycles. The van der Waals surface area contributed by atoms with Gasteiger partial charge in [-0.15, -0.1) is 0 Å². The van der Waals surface area contributed by atoms with Crippen LogP contribution in [0.5, 0.6) is 23.0 Å². The van der Waals surface area contributed by atoms with E-state index in [4.69, 9.17) is 14.1 Å². The van der Waals surface area contributed by atoms with Crippen LogP contribution in [0, 0.1) is 0 Å². The zero-order chi connectivity index (χ0) is 21.1. The number of hydrogen-bond acceptors (Lipinski definition) is 5. The molecule has 0 atom stereocenters. The fourth-order valence-electron chi connectivity index (χ4n) is 3.60. The van der Waals surface area contributed by atoms with Gasteiger partial charge in [-0.05, 0) is 69.6 Å². The number of hydrogen-bond donors (Lipinski definition) is 1. The maximum Gasteiger partial charge on any atom is 0.309 e. The number of fused-ring (bicyclic) bond motifs is 4. The van der Waals surface area contributed by atoms with Gasteiger partial charge in [0.2, 0.25) is 0 Å². The third-order valence-electron chi connectivity index (χ3n) is 6.05. The van der Waals surface area contributed by atoms with Gasteiger partial charge in [-0.1, -0.05) is 24.3 Å². The number of aliphatic hydroxyl groups is 1. The van der Waals surface area contributed by atoms with E-state index in [1.807, 2.05) is 74.5 Å². The Bertz CT molecular complexity index is 1070. The van der Waals surface area contributed by atoms with Crippen LogP contribution < -0.4 is 19.8 Å². The fourth-order valence-corrected chi connectivity index (χ4v) is 3.60. The lowest BCUT2D eigenvalue weighted by molar-refractivity contribution is -0.0893. The summed E-state index contributed by atoms with van der Waals surface area (Å²) in [5.74, 6) is 3.03. The third-order valence-corrected chi connectivity index (χ3v) is 6.05. The quantitative estimate of drug-likeness (QED) is 0.434. The van der Waals surface area contributed by atoms with Crippen LogP contribution in [0.15, 0.2) is 60.7 Å². The molecule has 0 aromatic heterocycles. The van der Waals surface area contributed by atoms with Gasteiger partial charge in [0.05, 0.1) is 22.6 Å². The second kappa shape index (κ2) is 6.52. The molecule has 0 saturated heterocycles. The molecular weight excluding hydrogens is 377 g/mol. The van der Waals surface area contributed by atoms with Gasteiger partial charge in [0.25, 0.3) is 0 Å². The predicted molar refractivity (Wildman–Crippen MR) is 120 cm³/mol. The average Bonchev–Trinajstić information content (AvgIpc) is 2.71. The molecule has 152 valence electrons. The SMILES string of the molecule is CC(C)(O)C(C)(C)OBc1cc2c3c(c1)Oc1ccccc1N3c1ccccc1O2. The van der Waals surface area contributed by atoms with Crippen LogP contribution in [-0.4, -0.2) is 23.8 Å². The highest BCUT2D eigenvalue weighted by Gasteiger charge is 2.37. The Labute approximate surface area is 177 Å². The van der Waals surface area contributed by atoms with E-state index in [0.717, 1.165) is 45.5 Å². The number of rotatable bonds is 4. The lowest BCUT2D eigenvalue weighted by Gasteiger charge is -2.39. The van der Waals surface area contributed by atoms with E-state index in [2.05, 4.69) is 4.90 Å². The summed E-state index contributed by atoms with van der Waals surface area (Å²) in [5.41, 5.74) is 2.07. The molecule has 0 spiro atoms. The second-order valence-electron chi connectivity index (χ2n) is 8.77. The zero-order valence-electron chi connectivity index (χ0n) is 17.6. The van der Waals surface area contributed by atoms with E-state index >= 15 is 0 Å². The van der Waals surface area contributed by atoms with Crippen molar-refractivity contribution in [3.8, 4) is 23.0 Å². The van der Waals surface area contributed by atoms with Crippen molar-refractivity contribution in [2.24, 2.45) is 0 Å². The first-order valence-electron chi connectivity index (χ1n) is 10.1. The summed E-state index contributed by atoms with van der Waals surface area (Å²) < 4.78 is 18.6. The fraction of sp³-hybridized carbons (Fsp3) is 0.250. The minimum atomic E-state index is -0.975. The molecule has 5 nitrogen and oxygen atoms in total. The van der Waals surface area contributed by atoms with Gasteiger partial charge in [0.1, 0.15) is 5.69 Å². The van der Waals surface area contributed by atoms with E-state index < -0.39 is 11.2 Å². The molecule has 6 heteroatoms. The maximum absolute atomic E-state index is 10.4. The number of nitrogens with zero attached hydrogens (tertiary/aromatic N) is 1. The molecule has 0 aliphatic carbocycles. The summed E-state index contributed by atoms with van der Waals surface area (Å²) in [4.78, 5) is 2.19. The Morgan fingerprint density at radius 2 is 1.30 bits per heavy atom. The first-order valence-corrected chi connectivity index (χ1v) is 10.1. The van der Waals surface area contributed by atoms with Crippen molar-refractivity contribution in [1.29, 1.82) is 0 Å². The highest BCUT2D eigenvalue weighted by atomic mass is 16.5. The number of anilines is 3. The standard InChI is InChI=1S/C24H24BNO4/c1-23(2,27)24(3,4)30-25-15-13-20-22-21(14-15)29-19-12-8-6-10-17(19)26(22)16-9-5-7-11-18(16)28-20/h5-14,25,27H,1-4H3. The second-order valence-corrected chi connectivity index (χ2v) is 8.77. The van der Waals surface area contributed by atoms with Crippen molar-refractivity contribution in [3.05, 3.63) is 60.7 Å². The van der Waals surface area contributed by atoms with Crippen molar-refractivity contribution < 1.29 is 19.2 Å². The Morgan fingerprint density at radius 3 is 1.80 bits per heavy atom. The van der Waals surface area contributed by atoms with Crippen molar-refractivity contribution in [3.63, 3.8) is 0 Å². The number of benzene rings is 3. The van der Waals surface area contributed by atoms with Gasteiger partial charge in [0, 0.05) is 0 Å². The Kier molecular flexibility index (Phi) is 4.14. The van der Waals surface area contributed by atoms with Crippen LogP contribution in [0.3, 0.4) is 0 Å². The van der Waals surface area contributed by atoms with Crippen LogP contribution in [0.2, 0.25) is 0 Å². The van der Waals surface area contributed by atoms with Gasteiger partial charge in [-0.25, -0.2) is 0 Å². The zero-order valence-corrected chi connectivity index (χ0v) is 17.6. The molecule has 5 rings (SSSR count). The summed E-state index contributed by atoms with van der Waals surface area (Å²) in [6, 6.07) is 20.0. The molecule has 0 saturated carbocycles. The first kappa shape index (κ1) is 19.0. The largest absolute Gasteiger partial charge is 0.453 e.